The Balaban J connectivity index is 1.62. The van der Waals surface area contributed by atoms with Crippen molar-refractivity contribution >= 4 is 35.2 Å². The zero-order chi connectivity index (χ0) is 17.7. The number of hydrogen-bond donors (Lipinski definition) is 1. The number of likely N-dealkylation sites (tertiary alicyclic amines) is 1. The van der Waals surface area contributed by atoms with Gasteiger partial charge in [-0.3, -0.25) is 9.69 Å². The first-order valence-corrected chi connectivity index (χ1v) is 9.51. The molecule has 0 aromatic rings. The number of rotatable bonds is 2. The molecular formula is C17H26Cl2N2O3. The van der Waals surface area contributed by atoms with Crippen molar-refractivity contribution in [3.8, 4) is 0 Å². The van der Waals surface area contributed by atoms with Gasteiger partial charge in [-0.1, -0.05) is 0 Å². The van der Waals surface area contributed by atoms with E-state index in [4.69, 9.17) is 27.9 Å². The molecule has 0 bridgehead atoms. The van der Waals surface area contributed by atoms with Gasteiger partial charge >= 0.3 is 6.09 Å². The zero-order valence-corrected chi connectivity index (χ0v) is 16.0. The lowest BCUT2D eigenvalue weighted by Crippen LogP contribution is -2.52. The van der Waals surface area contributed by atoms with Crippen LogP contribution in [-0.4, -0.2) is 45.0 Å². The van der Waals surface area contributed by atoms with Gasteiger partial charge in [-0.2, -0.15) is 0 Å². The summed E-state index contributed by atoms with van der Waals surface area (Å²) < 4.78 is 4.72. The quantitative estimate of drug-likeness (QED) is 0.748. The van der Waals surface area contributed by atoms with Crippen LogP contribution in [0, 0.1) is 5.92 Å². The molecule has 1 N–H and O–H groups in total. The predicted molar refractivity (Wildman–Crippen MR) is 93.2 cm³/mol. The van der Waals surface area contributed by atoms with Gasteiger partial charge in [0, 0.05) is 18.5 Å². The van der Waals surface area contributed by atoms with Crippen LogP contribution in [0.4, 0.5) is 4.79 Å². The monoisotopic (exact) mass is 376 g/mol. The highest BCUT2D eigenvalue weighted by Crippen LogP contribution is 2.48. The summed E-state index contributed by atoms with van der Waals surface area (Å²) in [5.74, 6) is 0.323. The van der Waals surface area contributed by atoms with Crippen LogP contribution < -0.4 is 5.32 Å². The molecule has 1 heterocycles. The second-order valence-corrected chi connectivity index (χ2v) is 10.0. The van der Waals surface area contributed by atoms with Gasteiger partial charge in [0.2, 0.25) is 5.91 Å². The number of nitrogens with one attached hydrogen (secondary N) is 1. The van der Waals surface area contributed by atoms with Crippen molar-refractivity contribution in [1.82, 2.24) is 10.2 Å². The topological polar surface area (TPSA) is 58.6 Å². The molecule has 7 heteroatoms. The lowest BCUT2D eigenvalue weighted by atomic mass is 9.94. The second-order valence-electron chi connectivity index (χ2n) is 8.36. The fourth-order valence-electron chi connectivity index (χ4n) is 3.86. The molecule has 4 atom stereocenters. The Morgan fingerprint density at radius 1 is 1.25 bits per heavy atom. The van der Waals surface area contributed by atoms with Crippen LogP contribution in [0.1, 0.15) is 59.3 Å². The Labute approximate surface area is 153 Å². The highest BCUT2D eigenvalue weighted by molar-refractivity contribution is 6.48. The second kappa shape index (κ2) is 6.24. The molecule has 24 heavy (non-hydrogen) atoms. The van der Waals surface area contributed by atoms with Gasteiger partial charge in [0.15, 0.2) is 0 Å². The Kier molecular flexibility index (Phi) is 4.71. The number of piperidine rings is 1. The Morgan fingerprint density at radius 2 is 1.96 bits per heavy atom. The summed E-state index contributed by atoms with van der Waals surface area (Å²) in [7, 11) is 0. The minimum absolute atomic E-state index is 0.0290. The zero-order valence-electron chi connectivity index (χ0n) is 14.5. The van der Waals surface area contributed by atoms with Gasteiger partial charge in [0.1, 0.15) is 16.0 Å². The average Bonchev–Trinajstić information content (AvgIpc) is 3.05. The van der Waals surface area contributed by atoms with Crippen molar-refractivity contribution in [2.24, 2.45) is 5.92 Å². The molecule has 0 aromatic carbocycles. The van der Waals surface area contributed by atoms with E-state index >= 15 is 0 Å². The molecule has 3 aliphatic rings. The first-order valence-electron chi connectivity index (χ1n) is 8.75. The van der Waals surface area contributed by atoms with Crippen molar-refractivity contribution in [3.05, 3.63) is 0 Å². The molecule has 0 unspecified atom stereocenters. The summed E-state index contributed by atoms with van der Waals surface area (Å²) in [6, 6.07) is -0.314. The summed E-state index contributed by atoms with van der Waals surface area (Å²) >= 11 is 12.4. The summed E-state index contributed by atoms with van der Waals surface area (Å²) in [5.41, 5.74) is -0.564. The van der Waals surface area contributed by atoms with Gasteiger partial charge in [-0.15, -0.1) is 23.2 Å². The minimum Gasteiger partial charge on any atom is -0.444 e. The van der Waals surface area contributed by atoms with E-state index in [0.717, 1.165) is 32.1 Å². The number of amides is 2. The number of hydrogen-bond acceptors (Lipinski definition) is 3. The van der Waals surface area contributed by atoms with E-state index in [1.807, 2.05) is 20.8 Å². The van der Waals surface area contributed by atoms with Crippen LogP contribution in [-0.2, 0) is 9.53 Å². The number of ether oxygens (including phenoxy) is 1. The van der Waals surface area contributed by atoms with Crippen molar-refractivity contribution < 1.29 is 14.3 Å². The lowest BCUT2D eigenvalue weighted by molar-refractivity contribution is -0.127. The molecule has 5 nitrogen and oxygen atoms in total. The van der Waals surface area contributed by atoms with Gasteiger partial charge in [-0.05, 0) is 58.8 Å². The molecule has 136 valence electrons. The number of fused-ring (bicyclic) bond motifs is 1. The van der Waals surface area contributed by atoms with Crippen LogP contribution in [0.2, 0.25) is 0 Å². The standard InChI is InChI=1S/C17H26Cl2N2O3/c1-16(2,3)24-15(23)21-12-7-10(12)8-13(21)14(22)20-11-5-4-6-17(18,19)9-11/h10-13H,4-9H2,1-3H3,(H,20,22)/t10-,11-,12-,13+/m1/s1. The third kappa shape index (κ3) is 4.10. The van der Waals surface area contributed by atoms with Crippen molar-refractivity contribution in [2.75, 3.05) is 0 Å². The molecule has 1 aliphatic heterocycles. The molecule has 0 aromatic heterocycles. The lowest BCUT2D eigenvalue weighted by Gasteiger charge is -2.34. The highest BCUT2D eigenvalue weighted by Gasteiger charge is 2.57. The van der Waals surface area contributed by atoms with Crippen LogP contribution in [0.5, 0.6) is 0 Å². The van der Waals surface area contributed by atoms with E-state index in [-0.39, 0.29) is 24.1 Å². The third-order valence-electron chi connectivity index (χ3n) is 5.00. The largest absolute Gasteiger partial charge is 0.444 e. The van der Waals surface area contributed by atoms with E-state index in [1.165, 1.54) is 0 Å². The van der Waals surface area contributed by atoms with Gasteiger partial charge < -0.3 is 10.1 Å². The molecule has 2 saturated carbocycles. The molecule has 1 saturated heterocycles. The van der Waals surface area contributed by atoms with Crippen molar-refractivity contribution in [2.45, 2.75) is 87.4 Å². The summed E-state index contributed by atoms with van der Waals surface area (Å²) in [4.78, 5) is 26.9. The first kappa shape index (κ1) is 18.1. The molecule has 2 aliphatic carbocycles. The number of halogens is 2. The summed E-state index contributed by atoms with van der Waals surface area (Å²) in [5, 5.41) is 3.05. The smallest absolute Gasteiger partial charge is 0.411 e. The number of alkyl halides is 2. The first-order chi connectivity index (χ1) is 11.1. The van der Waals surface area contributed by atoms with E-state index in [2.05, 4.69) is 5.32 Å². The summed E-state index contributed by atoms with van der Waals surface area (Å²) in [6.07, 6.45) is 4.37. The Bertz CT molecular complexity index is 532. The maximum absolute atomic E-state index is 12.7. The fraction of sp³-hybridized carbons (Fsp3) is 0.882. The van der Waals surface area contributed by atoms with E-state index in [9.17, 15) is 9.59 Å². The molecule has 0 radical (unpaired) electrons. The van der Waals surface area contributed by atoms with E-state index in [1.54, 1.807) is 4.90 Å². The van der Waals surface area contributed by atoms with Crippen LogP contribution in [0.25, 0.3) is 0 Å². The highest BCUT2D eigenvalue weighted by atomic mass is 35.5. The van der Waals surface area contributed by atoms with Gasteiger partial charge in [-0.25, -0.2) is 4.79 Å². The fourth-order valence-corrected chi connectivity index (χ4v) is 4.50. The van der Waals surface area contributed by atoms with Gasteiger partial charge in [0.25, 0.3) is 0 Å². The minimum atomic E-state index is -0.765. The predicted octanol–water partition coefficient (Wildman–Crippen LogP) is 3.62. The Morgan fingerprint density at radius 3 is 2.58 bits per heavy atom. The average molecular weight is 377 g/mol. The van der Waals surface area contributed by atoms with Crippen LogP contribution in [0.3, 0.4) is 0 Å². The van der Waals surface area contributed by atoms with Crippen molar-refractivity contribution in [3.63, 3.8) is 0 Å². The van der Waals surface area contributed by atoms with Crippen LogP contribution in [0.15, 0.2) is 0 Å². The van der Waals surface area contributed by atoms with E-state index < -0.39 is 16.0 Å². The molecule has 3 fully saturated rings. The number of carbonyl (C=O) groups is 2. The number of carbonyl (C=O) groups excluding carboxylic acids is 2. The summed E-state index contributed by atoms with van der Waals surface area (Å²) in [6.45, 7) is 5.51. The van der Waals surface area contributed by atoms with Gasteiger partial charge in [0.05, 0.1) is 0 Å². The normalized spacial score (nSPS) is 34.5. The Hall–Kier alpha value is -0.680. The molecule has 2 amide bonds. The van der Waals surface area contributed by atoms with E-state index in [0.29, 0.717) is 12.3 Å². The number of nitrogens with zero attached hydrogens (tertiary/aromatic N) is 1. The SMILES string of the molecule is CC(C)(C)OC(=O)N1[C@@H]2C[C@@H]2C[C@H]1C(=O)N[C@@H]1CCCC(Cl)(Cl)C1. The maximum Gasteiger partial charge on any atom is 0.411 e. The maximum atomic E-state index is 12.7. The van der Waals surface area contributed by atoms with Crippen LogP contribution >= 0.6 is 23.2 Å². The molecule has 0 spiro atoms. The molecule has 3 rings (SSSR count). The molecular weight excluding hydrogens is 351 g/mol. The third-order valence-corrected chi connectivity index (χ3v) is 5.68. The van der Waals surface area contributed by atoms with Crippen molar-refractivity contribution in [1.29, 1.82) is 0 Å².